The van der Waals surface area contributed by atoms with Gasteiger partial charge in [-0.3, -0.25) is 4.79 Å². The van der Waals surface area contributed by atoms with E-state index in [1.54, 1.807) is 19.1 Å². The molecule has 0 spiro atoms. The van der Waals surface area contributed by atoms with Gasteiger partial charge in [0.1, 0.15) is 0 Å². The smallest absolute Gasteiger partial charge is 0.309 e. The Bertz CT molecular complexity index is 378. The van der Waals surface area contributed by atoms with E-state index >= 15 is 0 Å². The number of hydrogen-bond donors (Lipinski definition) is 0. The molecule has 0 N–H and O–H groups in total. The molecule has 1 aromatic heterocycles. The van der Waals surface area contributed by atoms with Gasteiger partial charge in [0, 0.05) is 12.1 Å². The summed E-state index contributed by atoms with van der Waals surface area (Å²) in [7, 11) is 0. The normalized spacial score (nSPS) is 23.5. The van der Waals surface area contributed by atoms with Crippen molar-refractivity contribution in [2.45, 2.75) is 19.3 Å². The van der Waals surface area contributed by atoms with E-state index in [-0.39, 0.29) is 17.8 Å². The third-order valence-electron chi connectivity index (χ3n) is 2.61. The van der Waals surface area contributed by atoms with Gasteiger partial charge >= 0.3 is 5.97 Å². The van der Waals surface area contributed by atoms with E-state index in [9.17, 15) is 10.0 Å². The van der Waals surface area contributed by atoms with E-state index in [4.69, 9.17) is 4.74 Å². The number of aromatic nitrogens is 1. The van der Waals surface area contributed by atoms with Crippen LogP contribution in [0.3, 0.4) is 0 Å². The molecule has 2 unspecified atom stereocenters. The van der Waals surface area contributed by atoms with Crippen molar-refractivity contribution in [2.75, 3.05) is 6.61 Å². The topological polar surface area (TPSA) is 53.2 Å². The molecule has 1 aliphatic rings. The molecule has 1 aliphatic carbocycles. The number of rotatable bonds is 3. The molecule has 0 bridgehead atoms. The summed E-state index contributed by atoms with van der Waals surface area (Å²) in [6, 6.07) is 5.25. The zero-order valence-electron chi connectivity index (χ0n) is 8.55. The number of carbonyl (C=O) groups excluding carboxylic acids is 1. The lowest BCUT2D eigenvalue weighted by Gasteiger charge is -2.03. The van der Waals surface area contributed by atoms with E-state index < -0.39 is 0 Å². The first-order valence-corrected chi connectivity index (χ1v) is 5.08. The Morgan fingerprint density at radius 3 is 3.13 bits per heavy atom. The summed E-state index contributed by atoms with van der Waals surface area (Å²) >= 11 is 0. The molecule has 0 aromatic carbocycles. The molecular formula is C11H13NO3. The van der Waals surface area contributed by atoms with Gasteiger partial charge in [0.05, 0.1) is 18.4 Å². The Morgan fingerprint density at radius 2 is 2.47 bits per heavy atom. The summed E-state index contributed by atoms with van der Waals surface area (Å²) in [5.41, 5.74) is 0.663. The zero-order valence-corrected chi connectivity index (χ0v) is 8.55. The largest absolute Gasteiger partial charge is 0.618 e. The van der Waals surface area contributed by atoms with Crippen LogP contribution in [0.5, 0.6) is 0 Å². The van der Waals surface area contributed by atoms with Crippen LogP contribution in [0.1, 0.15) is 25.0 Å². The van der Waals surface area contributed by atoms with Crippen LogP contribution in [0, 0.1) is 11.1 Å². The third kappa shape index (κ3) is 1.93. The number of ether oxygens (including phenoxy) is 1. The minimum atomic E-state index is -0.189. The SMILES string of the molecule is CCOC(=O)C1CC1c1cccc[n+]1[O-]. The molecule has 0 aliphatic heterocycles. The van der Waals surface area contributed by atoms with Crippen LogP contribution in [-0.2, 0) is 9.53 Å². The predicted octanol–water partition coefficient (Wildman–Crippen LogP) is 0.987. The van der Waals surface area contributed by atoms with E-state index in [1.807, 2.05) is 6.07 Å². The highest BCUT2D eigenvalue weighted by Gasteiger charge is 2.49. The first kappa shape index (κ1) is 9.96. The summed E-state index contributed by atoms with van der Waals surface area (Å²) in [5.74, 6) is -0.262. The van der Waals surface area contributed by atoms with Gasteiger partial charge < -0.3 is 9.94 Å². The first-order chi connectivity index (χ1) is 7.24. The van der Waals surface area contributed by atoms with Gasteiger partial charge in [-0.05, 0) is 13.3 Å². The van der Waals surface area contributed by atoms with Crippen molar-refractivity contribution in [1.82, 2.24) is 0 Å². The average molecular weight is 207 g/mol. The maximum absolute atomic E-state index is 11.4. The highest BCUT2D eigenvalue weighted by Crippen LogP contribution is 2.46. The van der Waals surface area contributed by atoms with E-state index in [2.05, 4.69) is 0 Å². The molecule has 15 heavy (non-hydrogen) atoms. The maximum atomic E-state index is 11.4. The lowest BCUT2D eigenvalue weighted by atomic mass is 10.2. The second-order valence-corrected chi connectivity index (χ2v) is 3.65. The van der Waals surface area contributed by atoms with Crippen molar-refractivity contribution in [1.29, 1.82) is 0 Å². The van der Waals surface area contributed by atoms with Crippen molar-refractivity contribution in [3.8, 4) is 0 Å². The molecule has 0 amide bonds. The molecule has 0 saturated heterocycles. The first-order valence-electron chi connectivity index (χ1n) is 5.08. The number of nitrogens with zero attached hydrogens (tertiary/aromatic N) is 1. The molecule has 1 heterocycles. The lowest BCUT2D eigenvalue weighted by molar-refractivity contribution is -0.614. The Kier molecular flexibility index (Phi) is 2.58. The highest BCUT2D eigenvalue weighted by atomic mass is 16.5. The zero-order chi connectivity index (χ0) is 10.8. The Labute approximate surface area is 88.1 Å². The summed E-state index contributed by atoms with van der Waals surface area (Å²) < 4.78 is 5.73. The minimum Gasteiger partial charge on any atom is -0.618 e. The molecule has 1 fully saturated rings. The van der Waals surface area contributed by atoms with Crippen LogP contribution in [0.4, 0.5) is 0 Å². The van der Waals surface area contributed by atoms with Crippen molar-refractivity contribution in [2.24, 2.45) is 5.92 Å². The molecule has 2 atom stereocenters. The number of pyridine rings is 1. The van der Waals surface area contributed by atoms with Gasteiger partial charge in [-0.2, -0.15) is 4.73 Å². The van der Waals surface area contributed by atoms with Crippen molar-refractivity contribution in [3.05, 3.63) is 35.3 Å². The van der Waals surface area contributed by atoms with Crippen molar-refractivity contribution in [3.63, 3.8) is 0 Å². The Hall–Kier alpha value is -1.58. The predicted molar refractivity (Wildman–Crippen MR) is 52.9 cm³/mol. The average Bonchev–Trinajstić information content (AvgIpc) is 2.98. The third-order valence-corrected chi connectivity index (χ3v) is 2.61. The molecule has 1 aromatic rings. The van der Waals surface area contributed by atoms with Gasteiger partial charge in [-0.25, -0.2) is 0 Å². The van der Waals surface area contributed by atoms with Crippen LogP contribution in [0.25, 0.3) is 0 Å². The van der Waals surface area contributed by atoms with Gasteiger partial charge in [0.2, 0.25) is 0 Å². The number of esters is 1. The summed E-state index contributed by atoms with van der Waals surface area (Å²) in [6.45, 7) is 2.18. The monoisotopic (exact) mass is 207 g/mol. The van der Waals surface area contributed by atoms with Crippen LogP contribution in [-0.4, -0.2) is 12.6 Å². The minimum absolute atomic E-state index is 0.0442. The molecule has 4 heteroatoms. The Morgan fingerprint density at radius 1 is 1.67 bits per heavy atom. The fourth-order valence-corrected chi connectivity index (χ4v) is 1.76. The van der Waals surface area contributed by atoms with Gasteiger partial charge in [-0.1, -0.05) is 6.07 Å². The summed E-state index contributed by atoms with van der Waals surface area (Å²) in [6.07, 6.45) is 2.18. The molecule has 1 saturated carbocycles. The van der Waals surface area contributed by atoms with Crippen LogP contribution < -0.4 is 4.73 Å². The maximum Gasteiger partial charge on any atom is 0.309 e. The Balaban J connectivity index is 2.05. The summed E-state index contributed by atoms with van der Waals surface area (Å²) in [5, 5.41) is 11.4. The molecule has 4 nitrogen and oxygen atoms in total. The van der Waals surface area contributed by atoms with Crippen LogP contribution >= 0.6 is 0 Å². The lowest BCUT2D eigenvalue weighted by Crippen LogP contribution is -2.30. The van der Waals surface area contributed by atoms with E-state index in [1.165, 1.54) is 6.20 Å². The fraction of sp³-hybridized carbons (Fsp3) is 0.455. The fourth-order valence-electron chi connectivity index (χ4n) is 1.76. The standard InChI is InChI=1S/C11H13NO3/c1-2-15-11(13)9-7-8(9)10-5-3-4-6-12(10)14/h3-6,8-9H,2,7H2,1H3. The second-order valence-electron chi connectivity index (χ2n) is 3.65. The van der Waals surface area contributed by atoms with E-state index in [0.29, 0.717) is 12.3 Å². The molecule has 0 radical (unpaired) electrons. The quantitative estimate of drug-likeness (QED) is 0.422. The molecule has 80 valence electrons. The van der Waals surface area contributed by atoms with Gasteiger partial charge in [0.25, 0.3) is 0 Å². The van der Waals surface area contributed by atoms with Crippen LogP contribution in [0.2, 0.25) is 0 Å². The number of hydrogen-bond acceptors (Lipinski definition) is 3. The second kappa shape index (κ2) is 3.88. The molecular weight excluding hydrogens is 194 g/mol. The number of carbonyl (C=O) groups is 1. The van der Waals surface area contributed by atoms with Crippen molar-refractivity contribution >= 4 is 5.97 Å². The van der Waals surface area contributed by atoms with Gasteiger partial charge in [-0.15, -0.1) is 0 Å². The summed E-state index contributed by atoms with van der Waals surface area (Å²) in [4.78, 5) is 11.4. The molecule has 2 rings (SSSR count). The van der Waals surface area contributed by atoms with E-state index in [0.717, 1.165) is 11.2 Å². The van der Waals surface area contributed by atoms with Crippen molar-refractivity contribution < 1.29 is 14.3 Å². The van der Waals surface area contributed by atoms with Crippen LogP contribution in [0.15, 0.2) is 24.4 Å². The highest BCUT2D eigenvalue weighted by molar-refractivity contribution is 5.77. The van der Waals surface area contributed by atoms with Gasteiger partial charge in [0.15, 0.2) is 11.9 Å².